The lowest BCUT2D eigenvalue weighted by Gasteiger charge is -2.37. The lowest BCUT2D eigenvalue weighted by Crippen LogP contribution is -2.43. The van der Waals surface area contributed by atoms with Crippen LogP contribution in [0.2, 0.25) is 0 Å². The number of ether oxygens (including phenoxy) is 3. The maximum absolute atomic E-state index is 13.1. The zero-order valence-electron chi connectivity index (χ0n) is 17.5. The number of hydrogen-bond acceptors (Lipinski definition) is 5. The van der Waals surface area contributed by atoms with Crippen LogP contribution in [0.25, 0.3) is 0 Å². The number of nitrogens with zero attached hydrogens (tertiary/aromatic N) is 1. The minimum Gasteiger partial charge on any atom is -0.495 e. The molecule has 0 unspecified atom stereocenters. The molecule has 0 aliphatic carbocycles. The Bertz CT molecular complexity index is 959. The van der Waals surface area contributed by atoms with E-state index in [4.69, 9.17) is 14.2 Å². The number of nitrogens with one attached hydrogen (secondary N) is 1. The summed E-state index contributed by atoms with van der Waals surface area (Å²) in [5, 5.41) is 12.4. The molecule has 2 amide bonds. The number of aryl methyl sites for hydroxylation is 1. The first-order valence-corrected chi connectivity index (χ1v) is 9.56. The van der Waals surface area contributed by atoms with Crippen LogP contribution in [0.1, 0.15) is 29.2 Å². The molecule has 1 aliphatic heterocycles. The lowest BCUT2D eigenvalue weighted by molar-refractivity contribution is -0.138. The van der Waals surface area contributed by atoms with Crippen LogP contribution in [-0.2, 0) is 11.2 Å². The van der Waals surface area contributed by atoms with Gasteiger partial charge in [-0.2, -0.15) is 0 Å². The second-order valence-corrected chi connectivity index (χ2v) is 7.10. The van der Waals surface area contributed by atoms with Gasteiger partial charge in [0, 0.05) is 6.54 Å². The van der Waals surface area contributed by atoms with Gasteiger partial charge in [-0.15, -0.1) is 0 Å². The van der Waals surface area contributed by atoms with Crippen molar-refractivity contribution < 1.29 is 28.9 Å². The standard InChI is InChI=1S/C22H26N2O6/c1-13-5-6-18(28-2)16(9-13)23-22(27)24-8-7-14-10-19(29-3)20(30-4)11-15(14)17(24)12-21(25)26/h5-6,9-11,17H,7-8,12H2,1-4H3,(H,23,27)(H,25,26)/t17-/m1/s1. The van der Waals surface area contributed by atoms with Crippen molar-refractivity contribution in [3.63, 3.8) is 0 Å². The van der Waals surface area contributed by atoms with Crippen LogP contribution in [0.15, 0.2) is 30.3 Å². The number of hydrogen-bond donors (Lipinski definition) is 2. The number of urea groups is 1. The van der Waals surface area contributed by atoms with Gasteiger partial charge in [0.25, 0.3) is 0 Å². The van der Waals surface area contributed by atoms with Gasteiger partial charge in [0.1, 0.15) is 5.75 Å². The van der Waals surface area contributed by atoms with Crippen molar-refractivity contribution in [3.05, 3.63) is 47.0 Å². The average molecular weight is 414 g/mol. The van der Waals surface area contributed by atoms with Crippen LogP contribution in [0.5, 0.6) is 17.2 Å². The van der Waals surface area contributed by atoms with Gasteiger partial charge in [-0.05, 0) is 54.3 Å². The van der Waals surface area contributed by atoms with Gasteiger partial charge in [0.2, 0.25) is 0 Å². The predicted molar refractivity (Wildman–Crippen MR) is 112 cm³/mol. The van der Waals surface area contributed by atoms with E-state index in [-0.39, 0.29) is 12.5 Å². The van der Waals surface area contributed by atoms with Crippen molar-refractivity contribution in [1.82, 2.24) is 4.90 Å². The molecule has 0 fully saturated rings. The number of rotatable bonds is 6. The molecule has 8 nitrogen and oxygen atoms in total. The maximum atomic E-state index is 13.1. The molecular weight excluding hydrogens is 388 g/mol. The van der Waals surface area contributed by atoms with Gasteiger partial charge in [-0.3, -0.25) is 4.79 Å². The van der Waals surface area contributed by atoms with Crippen LogP contribution in [0.3, 0.4) is 0 Å². The first kappa shape index (κ1) is 21.3. The molecule has 8 heteroatoms. The van der Waals surface area contributed by atoms with Gasteiger partial charge in [-0.1, -0.05) is 6.07 Å². The Morgan fingerprint density at radius 2 is 1.73 bits per heavy atom. The molecule has 0 spiro atoms. The summed E-state index contributed by atoms with van der Waals surface area (Å²) < 4.78 is 16.1. The van der Waals surface area contributed by atoms with Crippen molar-refractivity contribution in [2.75, 3.05) is 33.2 Å². The maximum Gasteiger partial charge on any atom is 0.322 e. The smallest absolute Gasteiger partial charge is 0.322 e. The van der Waals surface area contributed by atoms with Crippen molar-refractivity contribution in [2.24, 2.45) is 0 Å². The van der Waals surface area contributed by atoms with Crippen LogP contribution in [-0.4, -0.2) is 49.9 Å². The number of amides is 2. The Kier molecular flexibility index (Phi) is 6.34. The highest BCUT2D eigenvalue weighted by molar-refractivity contribution is 5.92. The van der Waals surface area contributed by atoms with Gasteiger partial charge in [0.05, 0.1) is 39.5 Å². The number of aliphatic carboxylic acids is 1. The van der Waals surface area contributed by atoms with E-state index in [0.29, 0.717) is 35.9 Å². The number of anilines is 1. The zero-order chi connectivity index (χ0) is 21.8. The summed E-state index contributed by atoms with van der Waals surface area (Å²) in [5.74, 6) is 0.614. The first-order valence-electron chi connectivity index (χ1n) is 9.56. The van der Waals surface area contributed by atoms with Gasteiger partial charge >= 0.3 is 12.0 Å². The van der Waals surface area contributed by atoms with Crippen LogP contribution >= 0.6 is 0 Å². The third-order valence-electron chi connectivity index (χ3n) is 5.23. The Labute approximate surface area is 175 Å². The lowest BCUT2D eigenvalue weighted by atomic mass is 9.90. The van der Waals surface area contributed by atoms with Gasteiger partial charge in [-0.25, -0.2) is 4.79 Å². The highest BCUT2D eigenvalue weighted by Crippen LogP contribution is 2.40. The second-order valence-electron chi connectivity index (χ2n) is 7.10. The third kappa shape index (κ3) is 4.27. The quantitative estimate of drug-likeness (QED) is 0.749. The second kappa shape index (κ2) is 8.94. The Morgan fingerprint density at radius 3 is 2.37 bits per heavy atom. The molecule has 0 radical (unpaired) electrons. The van der Waals surface area contributed by atoms with Gasteiger partial charge < -0.3 is 29.5 Å². The Hall–Kier alpha value is -3.42. The SMILES string of the molecule is COc1ccc(C)cc1NC(=O)N1CCc2cc(OC)c(OC)cc2[C@H]1CC(=O)O. The molecule has 0 aromatic heterocycles. The molecule has 1 heterocycles. The first-order chi connectivity index (χ1) is 14.4. The largest absolute Gasteiger partial charge is 0.495 e. The van der Waals surface area contributed by atoms with Crippen LogP contribution in [0, 0.1) is 6.92 Å². The summed E-state index contributed by atoms with van der Waals surface area (Å²) in [6.45, 7) is 2.29. The van der Waals surface area contributed by atoms with E-state index in [1.165, 1.54) is 14.2 Å². The summed E-state index contributed by atoms with van der Waals surface area (Å²) in [5.41, 5.74) is 3.19. The summed E-state index contributed by atoms with van der Waals surface area (Å²) in [6.07, 6.45) is 0.352. The molecule has 1 aliphatic rings. The number of carboxylic acids is 1. The summed E-state index contributed by atoms with van der Waals surface area (Å²) in [4.78, 5) is 26.3. The van der Waals surface area contributed by atoms with Crippen LogP contribution in [0.4, 0.5) is 10.5 Å². The number of carbonyl (C=O) groups is 2. The average Bonchev–Trinajstić information content (AvgIpc) is 2.72. The van der Waals surface area contributed by atoms with Crippen molar-refractivity contribution in [1.29, 1.82) is 0 Å². The predicted octanol–water partition coefficient (Wildman–Crippen LogP) is 3.63. The third-order valence-corrected chi connectivity index (χ3v) is 5.23. The fourth-order valence-corrected chi connectivity index (χ4v) is 3.76. The van der Waals surface area contributed by atoms with Crippen molar-refractivity contribution in [3.8, 4) is 17.2 Å². The summed E-state index contributed by atoms with van der Waals surface area (Å²) in [6, 6.07) is 8.07. The molecular formula is C22H26N2O6. The Morgan fingerprint density at radius 1 is 1.07 bits per heavy atom. The fraction of sp³-hybridized carbons (Fsp3) is 0.364. The zero-order valence-corrected chi connectivity index (χ0v) is 17.5. The van der Waals surface area contributed by atoms with Crippen molar-refractivity contribution in [2.45, 2.75) is 25.8 Å². The van der Waals surface area contributed by atoms with E-state index in [2.05, 4.69) is 5.32 Å². The van der Waals surface area contributed by atoms with E-state index in [1.54, 1.807) is 24.1 Å². The monoisotopic (exact) mass is 414 g/mol. The van der Waals surface area contributed by atoms with E-state index in [1.807, 2.05) is 25.1 Å². The molecule has 2 aromatic carbocycles. The summed E-state index contributed by atoms with van der Waals surface area (Å²) in [7, 11) is 4.61. The molecule has 1 atom stereocenters. The highest BCUT2D eigenvalue weighted by Gasteiger charge is 2.34. The molecule has 2 aromatic rings. The molecule has 2 N–H and O–H groups in total. The molecule has 160 valence electrons. The number of benzene rings is 2. The van der Waals surface area contributed by atoms with E-state index >= 15 is 0 Å². The van der Waals surface area contributed by atoms with Crippen molar-refractivity contribution >= 4 is 17.7 Å². The molecule has 3 rings (SSSR count). The fourth-order valence-electron chi connectivity index (χ4n) is 3.76. The Balaban J connectivity index is 1.96. The topological polar surface area (TPSA) is 97.3 Å². The minimum absolute atomic E-state index is 0.221. The molecule has 30 heavy (non-hydrogen) atoms. The molecule has 0 saturated heterocycles. The number of methoxy groups -OCH3 is 3. The highest BCUT2D eigenvalue weighted by atomic mass is 16.5. The summed E-state index contributed by atoms with van der Waals surface area (Å²) >= 11 is 0. The van der Waals surface area contributed by atoms with Crippen LogP contribution < -0.4 is 19.5 Å². The van der Waals surface area contributed by atoms with E-state index < -0.39 is 12.0 Å². The molecule has 0 bridgehead atoms. The van der Waals surface area contributed by atoms with E-state index in [0.717, 1.165) is 16.7 Å². The number of fused-ring (bicyclic) bond motifs is 1. The normalized spacial score (nSPS) is 15.2. The van der Waals surface area contributed by atoms with Gasteiger partial charge in [0.15, 0.2) is 11.5 Å². The molecule has 0 saturated carbocycles. The number of carboxylic acid groups (broad SMARTS) is 1. The number of carbonyl (C=O) groups excluding carboxylic acids is 1. The van der Waals surface area contributed by atoms with E-state index in [9.17, 15) is 14.7 Å². The minimum atomic E-state index is -0.992.